The number of carbonyl (C=O) groups excluding carboxylic acids is 1. The molecule has 5 heteroatoms. The molecule has 0 saturated heterocycles. The highest BCUT2D eigenvalue weighted by Gasteiger charge is 2.10. The van der Waals surface area contributed by atoms with Crippen molar-refractivity contribution < 1.29 is 13.9 Å². The van der Waals surface area contributed by atoms with Crippen LogP contribution in [-0.2, 0) is 11.2 Å². The molecule has 0 unspecified atom stereocenters. The molecule has 1 heterocycles. The maximum Gasteiger partial charge on any atom is 0.223 e. The molecule has 0 fully saturated rings. The number of hydrogen-bond acceptors (Lipinski definition) is 2. The Labute approximate surface area is 146 Å². The van der Waals surface area contributed by atoms with Gasteiger partial charge < -0.3 is 15.0 Å². The van der Waals surface area contributed by atoms with E-state index in [1.807, 2.05) is 37.3 Å². The number of hydrogen-bond donors (Lipinski definition) is 2. The van der Waals surface area contributed by atoms with Gasteiger partial charge in [0.2, 0.25) is 5.91 Å². The van der Waals surface area contributed by atoms with Crippen LogP contribution in [0.25, 0.3) is 10.9 Å². The number of para-hydroxylation sites is 1. The summed E-state index contributed by atoms with van der Waals surface area (Å²) in [5.74, 6) is 0.446. The summed E-state index contributed by atoms with van der Waals surface area (Å²) in [5.41, 5.74) is 2.95. The molecule has 4 nitrogen and oxygen atoms in total. The molecule has 130 valence electrons. The smallest absolute Gasteiger partial charge is 0.223 e. The minimum atomic E-state index is -0.255. The topological polar surface area (TPSA) is 54.1 Å². The van der Waals surface area contributed by atoms with Gasteiger partial charge in [-0.25, -0.2) is 4.39 Å². The zero-order valence-electron chi connectivity index (χ0n) is 14.1. The number of halogens is 1. The van der Waals surface area contributed by atoms with Crippen LogP contribution in [0.15, 0.2) is 48.5 Å². The molecule has 1 amide bonds. The summed E-state index contributed by atoms with van der Waals surface area (Å²) < 4.78 is 19.0. The normalized spacial score (nSPS) is 10.8. The fraction of sp³-hybridized carbons (Fsp3) is 0.250. The lowest BCUT2D eigenvalue weighted by Gasteiger charge is -2.07. The van der Waals surface area contributed by atoms with Gasteiger partial charge in [-0.1, -0.05) is 18.2 Å². The van der Waals surface area contributed by atoms with E-state index in [0.29, 0.717) is 26.0 Å². The highest BCUT2D eigenvalue weighted by molar-refractivity contribution is 5.84. The highest BCUT2D eigenvalue weighted by atomic mass is 19.1. The van der Waals surface area contributed by atoms with Gasteiger partial charge in [0.1, 0.15) is 11.6 Å². The third-order valence-corrected chi connectivity index (χ3v) is 4.12. The molecule has 0 aliphatic rings. The number of amides is 1. The van der Waals surface area contributed by atoms with Crippen LogP contribution in [0.3, 0.4) is 0 Å². The minimum absolute atomic E-state index is 0.0559. The van der Waals surface area contributed by atoms with Crippen molar-refractivity contribution in [2.75, 3.05) is 13.2 Å². The van der Waals surface area contributed by atoms with Crippen molar-refractivity contribution in [2.45, 2.75) is 19.8 Å². The monoisotopic (exact) mass is 340 g/mol. The number of aromatic amines is 1. The van der Waals surface area contributed by atoms with Gasteiger partial charge in [0, 0.05) is 23.1 Å². The van der Waals surface area contributed by atoms with Gasteiger partial charge in [0.15, 0.2) is 0 Å². The number of benzene rings is 2. The highest BCUT2D eigenvalue weighted by Crippen LogP contribution is 2.23. The fourth-order valence-corrected chi connectivity index (χ4v) is 2.87. The van der Waals surface area contributed by atoms with Crippen molar-refractivity contribution in [3.05, 3.63) is 65.6 Å². The van der Waals surface area contributed by atoms with Crippen molar-refractivity contribution in [3.63, 3.8) is 0 Å². The predicted molar refractivity (Wildman–Crippen MR) is 96.3 cm³/mol. The molecule has 0 saturated carbocycles. The molecular weight excluding hydrogens is 319 g/mol. The number of fused-ring (bicyclic) bond motifs is 1. The Morgan fingerprint density at radius 3 is 2.80 bits per heavy atom. The zero-order valence-corrected chi connectivity index (χ0v) is 14.1. The van der Waals surface area contributed by atoms with E-state index in [-0.39, 0.29) is 11.7 Å². The Balaban J connectivity index is 1.47. The Morgan fingerprint density at radius 1 is 1.20 bits per heavy atom. The Kier molecular flexibility index (Phi) is 5.33. The van der Waals surface area contributed by atoms with E-state index in [1.165, 1.54) is 12.1 Å². The molecule has 0 bridgehead atoms. The maximum atomic E-state index is 13.5. The van der Waals surface area contributed by atoms with E-state index in [9.17, 15) is 9.18 Å². The van der Waals surface area contributed by atoms with Crippen LogP contribution in [0.4, 0.5) is 4.39 Å². The number of aryl methyl sites for hydroxylation is 1. The first-order valence-electron chi connectivity index (χ1n) is 8.35. The van der Waals surface area contributed by atoms with Crippen molar-refractivity contribution in [1.82, 2.24) is 10.3 Å². The zero-order chi connectivity index (χ0) is 17.6. The lowest BCUT2D eigenvalue weighted by atomic mass is 10.1. The molecule has 0 radical (unpaired) electrons. The van der Waals surface area contributed by atoms with Crippen molar-refractivity contribution in [2.24, 2.45) is 0 Å². The minimum Gasteiger partial charge on any atom is -0.493 e. The molecule has 1 aromatic heterocycles. The molecule has 0 spiro atoms. The molecule has 25 heavy (non-hydrogen) atoms. The predicted octanol–water partition coefficient (Wildman–Crippen LogP) is 3.74. The standard InChI is InChI=1S/C20H21FN2O2/c1-14-17(18-13-15(21)7-8-19(18)23-14)9-11-22-20(24)10-12-25-16-5-3-2-4-6-16/h2-8,13,23H,9-12H2,1H3,(H,22,24). The second-order valence-corrected chi connectivity index (χ2v) is 5.93. The average Bonchev–Trinajstić information content (AvgIpc) is 2.91. The summed E-state index contributed by atoms with van der Waals surface area (Å²) in [5, 5.41) is 3.76. The van der Waals surface area contributed by atoms with Crippen molar-refractivity contribution in [1.29, 1.82) is 0 Å². The van der Waals surface area contributed by atoms with Crippen LogP contribution in [-0.4, -0.2) is 24.0 Å². The van der Waals surface area contributed by atoms with Gasteiger partial charge in [-0.05, 0) is 49.2 Å². The first kappa shape index (κ1) is 17.0. The molecule has 0 aliphatic carbocycles. The van der Waals surface area contributed by atoms with Gasteiger partial charge in [-0.15, -0.1) is 0 Å². The number of H-pyrrole nitrogens is 1. The van der Waals surface area contributed by atoms with Crippen LogP contribution in [0.1, 0.15) is 17.7 Å². The van der Waals surface area contributed by atoms with Crippen LogP contribution >= 0.6 is 0 Å². The van der Waals surface area contributed by atoms with E-state index in [4.69, 9.17) is 4.74 Å². The molecule has 0 atom stereocenters. The van der Waals surface area contributed by atoms with Gasteiger partial charge in [0.05, 0.1) is 13.0 Å². The van der Waals surface area contributed by atoms with Gasteiger partial charge in [-0.2, -0.15) is 0 Å². The summed E-state index contributed by atoms with van der Waals surface area (Å²) in [7, 11) is 0. The van der Waals surface area contributed by atoms with Crippen LogP contribution in [0.2, 0.25) is 0 Å². The molecular formula is C20H21FN2O2. The summed E-state index contributed by atoms with van der Waals surface area (Å²) in [4.78, 5) is 15.2. The third-order valence-electron chi connectivity index (χ3n) is 4.12. The van der Waals surface area contributed by atoms with Crippen LogP contribution in [0.5, 0.6) is 5.75 Å². The van der Waals surface area contributed by atoms with E-state index in [1.54, 1.807) is 6.07 Å². The van der Waals surface area contributed by atoms with E-state index < -0.39 is 0 Å². The number of nitrogens with one attached hydrogen (secondary N) is 2. The molecule has 0 aliphatic heterocycles. The average molecular weight is 340 g/mol. The summed E-state index contributed by atoms with van der Waals surface area (Å²) in [6, 6.07) is 14.1. The van der Waals surface area contributed by atoms with Crippen molar-refractivity contribution >= 4 is 16.8 Å². The Bertz CT molecular complexity index is 859. The maximum absolute atomic E-state index is 13.5. The lowest BCUT2D eigenvalue weighted by Crippen LogP contribution is -2.27. The largest absolute Gasteiger partial charge is 0.493 e. The SMILES string of the molecule is Cc1[nH]c2ccc(F)cc2c1CCNC(=O)CCOc1ccccc1. The van der Waals surface area contributed by atoms with E-state index in [2.05, 4.69) is 10.3 Å². The number of ether oxygens (including phenoxy) is 1. The third kappa shape index (κ3) is 4.38. The number of rotatable bonds is 7. The fourth-order valence-electron chi connectivity index (χ4n) is 2.87. The molecule has 2 aromatic carbocycles. The molecule has 3 aromatic rings. The van der Waals surface area contributed by atoms with Gasteiger partial charge in [-0.3, -0.25) is 4.79 Å². The second-order valence-electron chi connectivity index (χ2n) is 5.93. The first-order valence-corrected chi connectivity index (χ1v) is 8.35. The van der Waals surface area contributed by atoms with Gasteiger partial charge >= 0.3 is 0 Å². The van der Waals surface area contributed by atoms with E-state index >= 15 is 0 Å². The summed E-state index contributed by atoms with van der Waals surface area (Å²) >= 11 is 0. The molecule has 3 rings (SSSR count). The van der Waals surface area contributed by atoms with Crippen LogP contribution in [0, 0.1) is 12.7 Å². The first-order chi connectivity index (χ1) is 12.1. The summed E-state index contributed by atoms with van der Waals surface area (Å²) in [6.45, 7) is 2.81. The Hall–Kier alpha value is -2.82. The van der Waals surface area contributed by atoms with Crippen LogP contribution < -0.4 is 10.1 Å². The van der Waals surface area contributed by atoms with Gasteiger partial charge in [0.25, 0.3) is 0 Å². The quantitative estimate of drug-likeness (QED) is 0.688. The summed E-state index contributed by atoms with van der Waals surface area (Å²) in [6.07, 6.45) is 0.955. The Morgan fingerprint density at radius 2 is 2.00 bits per heavy atom. The van der Waals surface area contributed by atoms with E-state index in [0.717, 1.165) is 27.9 Å². The molecule has 2 N–H and O–H groups in total. The van der Waals surface area contributed by atoms with Crippen molar-refractivity contribution in [3.8, 4) is 5.75 Å². The number of carbonyl (C=O) groups is 1. The second kappa shape index (κ2) is 7.83. The number of aromatic nitrogens is 1. The lowest BCUT2D eigenvalue weighted by molar-refractivity contribution is -0.121.